The zero-order valence-corrected chi connectivity index (χ0v) is 13.0. The highest BCUT2D eigenvalue weighted by Gasteiger charge is 2.45. The van der Waals surface area contributed by atoms with Crippen molar-refractivity contribution in [3.05, 3.63) is 17.6 Å². The van der Waals surface area contributed by atoms with Gasteiger partial charge >= 0.3 is 0 Å². The number of hydrogen-bond acceptors (Lipinski definition) is 5. The Morgan fingerprint density at radius 1 is 1.40 bits per heavy atom. The summed E-state index contributed by atoms with van der Waals surface area (Å²) >= 11 is 1.86. The van der Waals surface area contributed by atoms with E-state index >= 15 is 0 Å². The van der Waals surface area contributed by atoms with Crippen molar-refractivity contribution in [2.24, 2.45) is 0 Å². The van der Waals surface area contributed by atoms with Crippen LogP contribution in [0, 0.1) is 6.92 Å². The average molecular weight is 293 g/mol. The highest BCUT2D eigenvalue weighted by molar-refractivity contribution is 8.00. The topological polar surface area (TPSA) is 58.0 Å². The normalized spacial score (nSPS) is 29.1. The summed E-state index contributed by atoms with van der Waals surface area (Å²) in [5.74, 6) is 3.45. The number of rotatable bonds is 6. The molecule has 0 aromatic carbocycles. The average Bonchev–Trinajstić information content (AvgIpc) is 3.25. The summed E-state index contributed by atoms with van der Waals surface area (Å²) in [7, 11) is 0. The molecule has 1 aromatic rings. The summed E-state index contributed by atoms with van der Waals surface area (Å²) in [4.78, 5) is 9.09. The van der Waals surface area contributed by atoms with Gasteiger partial charge in [-0.1, -0.05) is 6.92 Å². The van der Waals surface area contributed by atoms with Crippen LogP contribution in [0.15, 0.2) is 6.07 Å². The van der Waals surface area contributed by atoms with E-state index in [1.165, 1.54) is 12.8 Å². The smallest absolute Gasteiger partial charge is 0.134 e. The minimum atomic E-state index is -0.570. The van der Waals surface area contributed by atoms with E-state index in [-0.39, 0.29) is 0 Å². The number of anilines is 1. The van der Waals surface area contributed by atoms with E-state index in [2.05, 4.69) is 22.2 Å². The van der Waals surface area contributed by atoms with Gasteiger partial charge in [0.05, 0.1) is 5.60 Å². The molecule has 2 atom stereocenters. The van der Waals surface area contributed by atoms with Gasteiger partial charge in [-0.3, -0.25) is 0 Å². The van der Waals surface area contributed by atoms with Crippen LogP contribution in [0.5, 0.6) is 0 Å². The molecule has 0 unspecified atom stereocenters. The maximum atomic E-state index is 10.6. The van der Waals surface area contributed by atoms with Gasteiger partial charge in [0.2, 0.25) is 0 Å². The van der Waals surface area contributed by atoms with Crippen molar-refractivity contribution in [1.29, 1.82) is 0 Å². The molecule has 5 heteroatoms. The number of aromatic nitrogens is 2. The van der Waals surface area contributed by atoms with Crippen LogP contribution in [0.3, 0.4) is 0 Å². The molecule has 1 aromatic heterocycles. The zero-order valence-electron chi connectivity index (χ0n) is 12.2. The van der Waals surface area contributed by atoms with Gasteiger partial charge in [0.1, 0.15) is 11.6 Å². The zero-order chi connectivity index (χ0) is 14.2. The second-order valence-electron chi connectivity index (χ2n) is 5.97. The lowest BCUT2D eigenvalue weighted by atomic mass is 9.79. The molecule has 20 heavy (non-hydrogen) atoms. The van der Waals surface area contributed by atoms with Gasteiger partial charge in [0.25, 0.3) is 0 Å². The molecule has 0 saturated heterocycles. The summed E-state index contributed by atoms with van der Waals surface area (Å²) in [6.45, 7) is 4.74. The Bertz CT molecular complexity index is 492. The molecule has 0 radical (unpaired) electrons. The highest BCUT2D eigenvalue weighted by Crippen LogP contribution is 2.41. The summed E-state index contributed by atoms with van der Waals surface area (Å²) in [6, 6.07) is 1.97. The van der Waals surface area contributed by atoms with Gasteiger partial charge in [-0.15, -0.1) is 0 Å². The van der Waals surface area contributed by atoms with Crippen LogP contribution < -0.4 is 5.32 Å². The standard InChI is InChI=1S/C15H23N3OS/c1-3-20-12-6-7-15(12,19)9-16-13-8-10(2)17-14(18-13)11-4-5-11/h8,11-12,19H,3-7,9H2,1-2H3,(H,16,17,18)/t12-,15+/m1/s1. The van der Waals surface area contributed by atoms with E-state index in [9.17, 15) is 5.11 Å². The third-order valence-electron chi connectivity index (χ3n) is 4.20. The maximum absolute atomic E-state index is 10.6. The van der Waals surface area contributed by atoms with Gasteiger partial charge in [-0.25, -0.2) is 9.97 Å². The molecular formula is C15H23N3OS. The number of nitrogens with zero attached hydrogens (tertiary/aromatic N) is 2. The first-order valence-corrected chi connectivity index (χ1v) is 8.59. The van der Waals surface area contributed by atoms with E-state index in [4.69, 9.17) is 0 Å². The van der Waals surface area contributed by atoms with Gasteiger partial charge < -0.3 is 10.4 Å². The third kappa shape index (κ3) is 2.93. The number of nitrogens with one attached hydrogen (secondary N) is 1. The van der Waals surface area contributed by atoms with Crippen LogP contribution >= 0.6 is 11.8 Å². The predicted molar refractivity (Wildman–Crippen MR) is 83.3 cm³/mol. The Hall–Kier alpha value is -0.810. The van der Waals surface area contributed by atoms with Crippen molar-refractivity contribution in [3.63, 3.8) is 0 Å². The molecule has 0 bridgehead atoms. The second-order valence-corrected chi connectivity index (χ2v) is 7.45. The quantitative estimate of drug-likeness (QED) is 0.844. The first-order chi connectivity index (χ1) is 9.60. The van der Waals surface area contributed by atoms with Crippen LogP contribution in [-0.2, 0) is 0 Å². The van der Waals surface area contributed by atoms with Gasteiger partial charge in [0, 0.05) is 29.5 Å². The molecule has 4 nitrogen and oxygen atoms in total. The first-order valence-electron chi connectivity index (χ1n) is 7.54. The van der Waals surface area contributed by atoms with Gasteiger partial charge in [0.15, 0.2) is 0 Å². The SMILES string of the molecule is CCS[C@@H]1CC[C@]1(O)CNc1cc(C)nc(C2CC2)n1. The van der Waals surface area contributed by atoms with Crippen molar-refractivity contribution >= 4 is 17.6 Å². The largest absolute Gasteiger partial charge is 0.387 e. The Balaban J connectivity index is 1.63. The predicted octanol–water partition coefficient (Wildman–Crippen LogP) is 2.72. The molecule has 0 aliphatic heterocycles. The molecule has 2 N–H and O–H groups in total. The van der Waals surface area contributed by atoms with Crippen LogP contribution in [0.25, 0.3) is 0 Å². The number of aliphatic hydroxyl groups is 1. The summed E-state index contributed by atoms with van der Waals surface area (Å²) in [5.41, 5.74) is 0.434. The summed E-state index contributed by atoms with van der Waals surface area (Å²) < 4.78 is 0. The first kappa shape index (κ1) is 14.1. The maximum Gasteiger partial charge on any atom is 0.134 e. The highest BCUT2D eigenvalue weighted by atomic mass is 32.2. The van der Waals surface area contributed by atoms with Crippen molar-refractivity contribution in [1.82, 2.24) is 9.97 Å². The lowest BCUT2D eigenvalue weighted by Gasteiger charge is -2.45. The number of aryl methyl sites for hydroxylation is 1. The Kier molecular flexibility index (Phi) is 3.91. The monoisotopic (exact) mass is 293 g/mol. The summed E-state index contributed by atoms with van der Waals surface area (Å²) in [6.07, 6.45) is 4.42. The third-order valence-corrected chi connectivity index (χ3v) is 5.61. The minimum Gasteiger partial charge on any atom is -0.387 e. The van der Waals surface area contributed by atoms with E-state index in [0.29, 0.717) is 17.7 Å². The number of thioether (sulfide) groups is 1. The van der Waals surface area contributed by atoms with Crippen LogP contribution in [0.2, 0.25) is 0 Å². The lowest BCUT2D eigenvalue weighted by molar-refractivity contribution is -0.0120. The Morgan fingerprint density at radius 3 is 2.80 bits per heavy atom. The van der Waals surface area contributed by atoms with Crippen molar-refractivity contribution in [2.45, 2.75) is 56.3 Å². The summed E-state index contributed by atoms with van der Waals surface area (Å²) in [5, 5.41) is 14.3. The van der Waals surface area contributed by atoms with Crippen LogP contribution in [-0.4, -0.2) is 38.2 Å². The Morgan fingerprint density at radius 2 is 2.20 bits per heavy atom. The van der Waals surface area contributed by atoms with E-state index < -0.39 is 5.60 Å². The Labute approximate surface area is 124 Å². The molecule has 2 fully saturated rings. The minimum absolute atomic E-state index is 0.367. The van der Waals surface area contributed by atoms with E-state index in [0.717, 1.165) is 35.9 Å². The molecular weight excluding hydrogens is 270 g/mol. The molecule has 2 saturated carbocycles. The lowest BCUT2D eigenvalue weighted by Crippen LogP contribution is -2.54. The number of hydrogen-bond donors (Lipinski definition) is 2. The van der Waals surface area contributed by atoms with Crippen molar-refractivity contribution < 1.29 is 5.11 Å². The van der Waals surface area contributed by atoms with Crippen LogP contribution in [0.1, 0.15) is 50.0 Å². The molecule has 1 heterocycles. The van der Waals surface area contributed by atoms with Crippen molar-refractivity contribution in [2.75, 3.05) is 17.6 Å². The van der Waals surface area contributed by atoms with Crippen LogP contribution in [0.4, 0.5) is 5.82 Å². The fourth-order valence-electron chi connectivity index (χ4n) is 2.69. The fourth-order valence-corrected chi connectivity index (χ4v) is 3.89. The molecule has 0 amide bonds. The van der Waals surface area contributed by atoms with E-state index in [1.54, 1.807) is 0 Å². The molecule has 110 valence electrons. The van der Waals surface area contributed by atoms with Crippen molar-refractivity contribution in [3.8, 4) is 0 Å². The van der Waals surface area contributed by atoms with Gasteiger partial charge in [-0.05, 0) is 38.4 Å². The fraction of sp³-hybridized carbons (Fsp3) is 0.733. The second kappa shape index (κ2) is 5.53. The molecule has 0 spiro atoms. The molecule has 2 aliphatic carbocycles. The van der Waals surface area contributed by atoms with Gasteiger partial charge in [-0.2, -0.15) is 11.8 Å². The van der Waals surface area contributed by atoms with E-state index in [1.807, 2.05) is 24.8 Å². The molecule has 2 aliphatic rings. The molecule has 3 rings (SSSR count).